The molecule has 0 atom stereocenters. The van der Waals surface area contributed by atoms with E-state index >= 15 is 0 Å². The van der Waals surface area contributed by atoms with Gasteiger partial charge in [0.05, 0.1) is 6.61 Å². The summed E-state index contributed by atoms with van der Waals surface area (Å²) in [5, 5.41) is 0. The third-order valence-corrected chi connectivity index (χ3v) is 2.71. The fourth-order valence-corrected chi connectivity index (χ4v) is 1.65. The third-order valence-electron chi connectivity index (χ3n) is 2.40. The van der Waals surface area contributed by atoms with Crippen LogP contribution in [0.25, 0.3) is 0 Å². The average molecular weight is 228 g/mol. The Labute approximate surface area is 96.8 Å². The Bertz CT molecular complexity index is 273. The van der Waals surface area contributed by atoms with E-state index in [1.165, 1.54) is 5.69 Å². The van der Waals surface area contributed by atoms with Crippen molar-refractivity contribution in [3.05, 3.63) is 29.8 Å². The van der Waals surface area contributed by atoms with Crippen molar-refractivity contribution in [2.45, 2.75) is 12.8 Å². The van der Waals surface area contributed by atoms with E-state index in [1.807, 2.05) is 0 Å². The van der Waals surface area contributed by atoms with E-state index in [4.69, 9.17) is 16.3 Å². The lowest BCUT2D eigenvalue weighted by molar-refractivity contribution is 0.205. The predicted octanol–water partition coefficient (Wildman–Crippen LogP) is 2.90. The largest absolute Gasteiger partial charge is 0.383 e. The number of methoxy groups -OCH3 is 1. The van der Waals surface area contributed by atoms with Gasteiger partial charge in [-0.2, -0.15) is 0 Å². The smallest absolute Gasteiger partial charge is 0.0637 e. The maximum Gasteiger partial charge on any atom is 0.0637 e. The maximum absolute atomic E-state index is 5.74. The molecule has 0 aliphatic heterocycles. The minimum absolute atomic E-state index is 0.574. The summed E-state index contributed by atoms with van der Waals surface area (Å²) in [5.41, 5.74) is 2.38. The van der Waals surface area contributed by atoms with Crippen molar-refractivity contribution in [1.82, 2.24) is 0 Å². The first-order chi connectivity index (χ1) is 7.31. The Morgan fingerprint density at radius 3 is 2.40 bits per heavy atom. The van der Waals surface area contributed by atoms with Gasteiger partial charge in [0.2, 0.25) is 0 Å². The molecule has 0 unspecified atom stereocenters. The molecule has 3 heteroatoms. The second-order valence-electron chi connectivity index (χ2n) is 3.37. The molecule has 0 fully saturated rings. The first kappa shape index (κ1) is 12.3. The summed E-state index contributed by atoms with van der Waals surface area (Å²) >= 11 is 5.74. The monoisotopic (exact) mass is 227 g/mol. The Morgan fingerprint density at radius 2 is 1.93 bits per heavy atom. The molecule has 0 bridgehead atoms. The highest BCUT2D eigenvalue weighted by Crippen LogP contribution is 2.15. The summed E-state index contributed by atoms with van der Waals surface area (Å²) in [6.45, 7) is 4.81. The van der Waals surface area contributed by atoms with Crippen LogP contribution in [-0.2, 0) is 10.6 Å². The fourth-order valence-electron chi connectivity index (χ4n) is 1.47. The van der Waals surface area contributed by atoms with Crippen LogP contribution >= 0.6 is 11.6 Å². The molecule has 0 aliphatic carbocycles. The molecule has 0 N–H and O–H groups in total. The van der Waals surface area contributed by atoms with Gasteiger partial charge in [0.1, 0.15) is 0 Å². The van der Waals surface area contributed by atoms with E-state index in [0.29, 0.717) is 5.88 Å². The number of nitrogens with zero attached hydrogens (tertiary/aromatic N) is 1. The van der Waals surface area contributed by atoms with Crippen molar-refractivity contribution in [2.24, 2.45) is 0 Å². The predicted molar refractivity (Wildman–Crippen MR) is 65.8 cm³/mol. The lowest BCUT2D eigenvalue weighted by Crippen LogP contribution is -2.26. The van der Waals surface area contributed by atoms with E-state index in [9.17, 15) is 0 Å². The Kier molecular flexibility index (Phi) is 5.51. The minimum Gasteiger partial charge on any atom is -0.383 e. The molecule has 1 aromatic carbocycles. The number of alkyl halides is 1. The quantitative estimate of drug-likeness (QED) is 0.693. The van der Waals surface area contributed by atoms with Gasteiger partial charge in [-0.3, -0.25) is 0 Å². The van der Waals surface area contributed by atoms with E-state index in [2.05, 4.69) is 36.1 Å². The van der Waals surface area contributed by atoms with E-state index < -0.39 is 0 Å². The van der Waals surface area contributed by atoms with Gasteiger partial charge in [0, 0.05) is 31.8 Å². The second-order valence-corrected chi connectivity index (χ2v) is 3.64. The Hall–Kier alpha value is -0.730. The lowest BCUT2D eigenvalue weighted by Gasteiger charge is -2.22. The van der Waals surface area contributed by atoms with Crippen LogP contribution in [0.4, 0.5) is 5.69 Å². The summed E-state index contributed by atoms with van der Waals surface area (Å²) in [6, 6.07) is 8.35. The molecule has 84 valence electrons. The molecule has 0 radical (unpaired) electrons. The molecule has 1 aromatic rings. The fraction of sp³-hybridized carbons (Fsp3) is 0.500. The number of ether oxygens (including phenoxy) is 1. The Balaban J connectivity index is 2.65. The van der Waals surface area contributed by atoms with Gasteiger partial charge in [-0.1, -0.05) is 12.1 Å². The lowest BCUT2D eigenvalue weighted by atomic mass is 10.2. The van der Waals surface area contributed by atoms with Gasteiger partial charge in [0.25, 0.3) is 0 Å². The molecule has 0 spiro atoms. The molecular formula is C12H18ClNO. The number of hydrogen-bond donors (Lipinski definition) is 0. The second kappa shape index (κ2) is 6.70. The molecular weight excluding hydrogens is 210 g/mol. The SMILES string of the molecule is CCN(CCOC)c1ccc(CCl)cc1. The number of likely N-dealkylation sites (N-methyl/N-ethyl adjacent to an activating group) is 1. The highest BCUT2D eigenvalue weighted by atomic mass is 35.5. The molecule has 0 saturated carbocycles. The molecule has 0 aromatic heterocycles. The van der Waals surface area contributed by atoms with Crippen molar-refractivity contribution in [1.29, 1.82) is 0 Å². The van der Waals surface area contributed by atoms with Crippen LogP contribution in [0.2, 0.25) is 0 Å². The highest BCUT2D eigenvalue weighted by Gasteiger charge is 2.03. The molecule has 15 heavy (non-hydrogen) atoms. The topological polar surface area (TPSA) is 12.5 Å². The maximum atomic E-state index is 5.74. The van der Waals surface area contributed by atoms with Crippen LogP contribution < -0.4 is 4.90 Å². The Morgan fingerprint density at radius 1 is 1.27 bits per heavy atom. The van der Waals surface area contributed by atoms with Gasteiger partial charge in [-0.25, -0.2) is 0 Å². The number of benzene rings is 1. The van der Waals surface area contributed by atoms with Gasteiger partial charge in [0.15, 0.2) is 0 Å². The van der Waals surface area contributed by atoms with Crippen LogP contribution in [0.15, 0.2) is 24.3 Å². The normalized spacial score (nSPS) is 10.3. The summed E-state index contributed by atoms with van der Waals surface area (Å²) in [5.74, 6) is 0.574. The summed E-state index contributed by atoms with van der Waals surface area (Å²) in [7, 11) is 1.73. The number of hydrogen-bond acceptors (Lipinski definition) is 2. The summed E-state index contributed by atoms with van der Waals surface area (Å²) in [6.07, 6.45) is 0. The zero-order valence-electron chi connectivity index (χ0n) is 9.37. The standard InChI is InChI=1S/C12H18ClNO/c1-3-14(8-9-15-2)12-6-4-11(10-13)5-7-12/h4-7H,3,8-10H2,1-2H3. The van der Waals surface area contributed by atoms with Crippen molar-refractivity contribution in [3.8, 4) is 0 Å². The van der Waals surface area contributed by atoms with E-state index in [1.54, 1.807) is 7.11 Å². The van der Waals surface area contributed by atoms with Crippen LogP contribution in [-0.4, -0.2) is 26.8 Å². The van der Waals surface area contributed by atoms with Crippen molar-refractivity contribution >= 4 is 17.3 Å². The zero-order valence-corrected chi connectivity index (χ0v) is 10.1. The number of rotatable bonds is 6. The van der Waals surface area contributed by atoms with Crippen molar-refractivity contribution in [3.63, 3.8) is 0 Å². The van der Waals surface area contributed by atoms with Gasteiger partial charge >= 0.3 is 0 Å². The molecule has 2 nitrogen and oxygen atoms in total. The molecule has 0 aliphatic rings. The van der Waals surface area contributed by atoms with E-state index in [0.717, 1.165) is 25.3 Å². The summed E-state index contributed by atoms with van der Waals surface area (Å²) < 4.78 is 5.08. The number of halogens is 1. The highest BCUT2D eigenvalue weighted by molar-refractivity contribution is 6.17. The van der Waals surface area contributed by atoms with Crippen molar-refractivity contribution in [2.75, 3.05) is 31.7 Å². The van der Waals surface area contributed by atoms with Crippen molar-refractivity contribution < 1.29 is 4.74 Å². The van der Waals surface area contributed by atoms with Gasteiger partial charge in [-0.15, -0.1) is 11.6 Å². The number of anilines is 1. The average Bonchev–Trinajstić information content (AvgIpc) is 2.31. The van der Waals surface area contributed by atoms with Crippen LogP contribution in [0.1, 0.15) is 12.5 Å². The molecule has 0 amide bonds. The first-order valence-corrected chi connectivity index (χ1v) is 5.74. The van der Waals surface area contributed by atoms with E-state index in [-0.39, 0.29) is 0 Å². The molecule has 1 rings (SSSR count). The third kappa shape index (κ3) is 3.73. The zero-order chi connectivity index (χ0) is 11.1. The van der Waals surface area contributed by atoms with Crippen LogP contribution in [0, 0.1) is 0 Å². The molecule has 0 heterocycles. The molecule has 0 saturated heterocycles. The van der Waals surface area contributed by atoms with Gasteiger partial charge in [-0.05, 0) is 24.6 Å². The first-order valence-electron chi connectivity index (χ1n) is 5.20. The summed E-state index contributed by atoms with van der Waals surface area (Å²) in [4.78, 5) is 2.28. The van der Waals surface area contributed by atoms with Gasteiger partial charge < -0.3 is 9.64 Å². The minimum atomic E-state index is 0.574. The van der Waals surface area contributed by atoms with Crippen LogP contribution in [0.5, 0.6) is 0 Å². The van der Waals surface area contributed by atoms with Crippen LogP contribution in [0.3, 0.4) is 0 Å².